The number of pyridine rings is 5. The quantitative estimate of drug-likeness (QED) is 0.0243. The second kappa shape index (κ2) is 35.0. The Morgan fingerprint density at radius 2 is 0.792 bits per heavy atom. The molecule has 11 heterocycles. The van der Waals surface area contributed by atoms with Crippen molar-refractivity contribution in [3.63, 3.8) is 0 Å². The molecule has 15 rings (SSSR count). The second-order valence-electron chi connectivity index (χ2n) is 27.9. The van der Waals surface area contributed by atoms with Crippen molar-refractivity contribution in [2.45, 2.75) is 124 Å². The number of amides is 3. The zero-order valence-corrected chi connectivity index (χ0v) is 61.4. The lowest BCUT2D eigenvalue weighted by Gasteiger charge is -2.15. The summed E-state index contributed by atoms with van der Waals surface area (Å²) in [7, 11) is 0. The average molecular weight is 1450 g/mol. The summed E-state index contributed by atoms with van der Waals surface area (Å²) in [6.45, 7) is 18.7. The zero-order valence-electron chi connectivity index (χ0n) is 60.7. The lowest BCUT2D eigenvalue weighted by atomic mass is 10.0. The molecule has 3 aliphatic heterocycles. The van der Waals surface area contributed by atoms with Crippen LogP contribution >= 0.6 is 11.6 Å². The number of nitrogens with zero attached hydrogens (tertiary/aromatic N) is 11. The molecule has 24 heteroatoms. The molecule has 0 atom stereocenters. The van der Waals surface area contributed by atoms with Crippen molar-refractivity contribution in [1.82, 2.24) is 84.9 Å². The number of hydrogen-bond acceptors (Lipinski definition) is 14. The van der Waals surface area contributed by atoms with E-state index in [4.69, 9.17) is 11.6 Å². The topological polar surface area (TPSA) is 275 Å². The van der Waals surface area contributed by atoms with E-state index < -0.39 is 0 Å². The molecule has 8 aromatic heterocycles. The molecule has 3 aliphatic rings. The van der Waals surface area contributed by atoms with Crippen LogP contribution in [0.1, 0.15) is 135 Å². The molecule has 3 saturated heterocycles. The SMILES string of the molecule is Cc1[nH]nc2c1c(=O)n(CCCNC(=O)c1ccc(Cl)cc1)c1ccc(CCCN3CCCC3)cc21.Cc1[nH]nc2c1c(=O)n(CCCNC(=O)c1ccncc1)c1ccc(C#CCN3CCCC3)cc21.Cc1[nH]nc2c1c(=O)n(CCCNC(=O)c1ccncc1)c1ccc(CCCN3CCCC3)cc21. The molecule has 0 saturated carbocycles. The van der Waals surface area contributed by atoms with Crippen molar-refractivity contribution in [2.75, 3.05) is 78.5 Å². The summed E-state index contributed by atoms with van der Waals surface area (Å²) in [5.41, 5.74) is 12.0. The van der Waals surface area contributed by atoms with E-state index in [0.717, 1.165) is 125 Å². The number of fused-ring (bicyclic) bond motifs is 9. The molecule has 6 N–H and O–H groups in total. The number of carbonyl (C=O) groups is 3. The third kappa shape index (κ3) is 17.5. The molecule has 3 fully saturated rings. The fourth-order valence-electron chi connectivity index (χ4n) is 14.9. The second-order valence-corrected chi connectivity index (χ2v) is 28.4. The standard InChI is InChI=1S/C28H32ClN5O2.C27H32N6O2.C27H28N6O2/c1-19-25-26(32-31-19)23-18-20(6-4-16-33-14-2-3-15-33)7-12-24(23)34(28(25)36)17-5-13-30-27(35)21-8-10-22(29)11-9-21;2*1-19-24-25(31-30-19)22-18-20(6-4-16-32-14-2-3-15-32)7-8-23(22)33(27(24)35)17-5-11-29-26(34)21-9-12-28-13-10-21/h7-12,18H,2-6,13-17H2,1H3,(H,30,35)(H,31,32);7-10,12-13,18H,2-6,11,14-17H2,1H3,(H,29,34)(H,30,31);7-10,12-13,18H,2-3,5,11,14-17H2,1H3,(H,29,34)(H,30,31). The van der Waals surface area contributed by atoms with Crippen LogP contribution in [-0.2, 0) is 32.5 Å². The Kier molecular flexibility index (Phi) is 24.3. The monoisotopic (exact) mass is 1450 g/mol. The van der Waals surface area contributed by atoms with Gasteiger partial charge in [0.1, 0.15) is 16.6 Å². The first kappa shape index (κ1) is 73.7. The highest BCUT2D eigenvalue weighted by atomic mass is 35.5. The van der Waals surface area contributed by atoms with Gasteiger partial charge in [0.25, 0.3) is 34.4 Å². The van der Waals surface area contributed by atoms with Gasteiger partial charge in [-0.2, -0.15) is 15.3 Å². The van der Waals surface area contributed by atoms with Gasteiger partial charge in [0.05, 0.1) is 39.3 Å². The number of benzene rings is 4. The Balaban J connectivity index is 0.000000141. The minimum Gasteiger partial charge on any atom is -0.352 e. The van der Waals surface area contributed by atoms with E-state index in [0.29, 0.717) is 102 Å². The van der Waals surface area contributed by atoms with Crippen molar-refractivity contribution in [3.8, 4) is 11.8 Å². The Morgan fingerprint density at radius 3 is 1.19 bits per heavy atom. The van der Waals surface area contributed by atoms with Gasteiger partial charge >= 0.3 is 0 Å². The number of aromatic nitrogens is 11. The molecule has 0 spiro atoms. The molecule has 12 aromatic rings. The molecule has 0 unspecified atom stereocenters. The highest BCUT2D eigenvalue weighted by Crippen LogP contribution is 2.29. The summed E-state index contributed by atoms with van der Waals surface area (Å²) in [6.07, 6.45) is 20.3. The number of aryl methyl sites for hydroxylation is 8. The smallest absolute Gasteiger partial charge is 0.262 e. The van der Waals surface area contributed by atoms with Gasteiger partial charge in [-0.25, -0.2) is 0 Å². The van der Waals surface area contributed by atoms with Crippen LogP contribution in [0.2, 0.25) is 5.02 Å². The Labute approximate surface area is 619 Å². The molecule has 0 aliphatic carbocycles. The number of halogens is 1. The van der Waals surface area contributed by atoms with E-state index in [-0.39, 0.29) is 34.4 Å². The molecule has 4 aromatic carbocycles. The Morgan fingerprint density at radius 1 is 0.434 bits per heavy atom. The lowest BCUT2D eigenvalue weighted by molar-refractivity contribution is 0.0944. The van der Waals surface area contributed by atoms with Crippen LogP contribution < -0.4 is 32.6 Å². The number of H-pyrrole nitrogens is 3. The summed E-state index contributed by atoms with van der Waals surface area (Å²) < 4.78 is 5.43. The largest absolute Gasteiger partial charge is 0.352 e. The van der Waals surface area contributed by atoms with Crippen molar-refractivity contribution >= 4 is 94.7 Å². The summed E-state index contributed by atoms with van der Waals surface area (Å²) in [5.74, 6) is 6.13. The summed E-state index contributed by atoms with van der Waals surface area (Å²) in [4.78, 5) is 92.5. The van der Waals surface area contributed by atoms with Gasteiger partial charge in [-0.15, -0.1) is 0 Å². The number of hydrogen-bond donors (Lipinski definition) is 6. The lowest BCUT2D eigenvalue weighted by Crippen LogP contribution is -2.27. The highest BCUT2D eigenvalue weighted by Gasteiger charge is 2.22. The van der Waals surface area contributed by atoms with Crippen LogP contribution in [-0.4, -0.2) is 165 Å². The predicted octanol–water partition coefficient (Wildman–Crippen LogP) is 11.0. The van der Waals surface area contributed by atoms with Gasteiger partial charge in [-0.05, 0) is 259 Å². The summed E-state index contributed by atoms with van der Waals surface area (Å²) >= 11 is 5.91. The van der Waals surface area contributed by atoms with Crippen LogP contribution in [0.4, 0.5) is 0 Å². The zero-order chi connectivity index (χ0) is 73.5. The molecule has 0 radical (unpaired) electrons. The third-order valence-corrected chi connectivity index (χ3v) is 20.8. The van der Waals surface area contributed by atoms with E-state index in [1.807, 2.05) is 48.1 Å². The fourth-order valence-corrected chi connectivity index (χ4v) is 15.0. The molecule has 548 valence electrons. The molecular formula is C82H92ClN17O6. The maximum absolute atomic E-state index is 13.4. The average Bonchev–Trinajstić information content (AvgIpc) is 1.71. The molecular weight excluding hydrogens is 1350 g/mol. The van der Waals surface area contributed by atoms with Crippen LogP contribution in [0.15, 0.2) is 142 Å². The van der Waals surface area contributed by atoms with Crippen molar-refractivity contribution in [3.05, 3.63) is 214 Å². The summed E-state index contributed by atoms with van der Waals surface area (Å²) in [6, 6.07) is 32.2. The predicted molar refractivity (Wildman–Crippen MR) is 419 cm³/mol. The van der Waals surface area contributed by atoms with E-state index in [1.165, 1.54) is 75.8 Å². The minimum absolute atomic E-state index is 0.0407. The van der Waals surface area contributed by atoms with Crippen LogP contribution in [0, 0.1) is 32.6 Å². The van der Waals surface area contributed by atoms with Gasteiger partial charge in [0, 0.05) is 125 Å². The summed E-state index contributed by atoms with van der Waals surface area (Å²) in [5, 5.41) is 36.5. The first-order valence-corrected chi connectivity index (χ1v) is 37.7. The number of rotatable bonds is 24. The molecule has 3 amide bonds. The normalized spacial score (nSPS) is 14.0. The molecule has 23 nitrogen and oxygen atoms in total. The Hall–Kier alpha value is -10.6. The Bertz CT molecular complexity index is 5360. The third-order valence-electron chi connectivity index (χ3n) is 20.5. The minimum atomic E-state index is -0.150. The van der Waals surface area contributed by atoms with E-state index in [9.17, 15) is 28.8 Å². The van der Waals surface area contributed by atoms with E-state index >= 15 is 0 Å². The number of nitrogens with one attached hydrogen (secondary N) is 6. The molecule has 106 heavy (non-hydrogen) atoms. The number of carbonyl (C=O) groups excluding carboxylic acids is 3. The highest BCUT2D eigenvalue weighted by molar-refractivity contribution is 6.30. The van der Waals surface area contributed by atoms with Crippen molar-refractivity contribution in [1.29, 1.82) is 0 Å². The van der Waals surface area contributed by atoms with Crippen LogP contribution in [0.5, 0.6) is 0 Å². The van der Waals surface area contributed by atoms with Crippen LogP contribution in [0.3, 0.4) is 0 Å². The molecule has 0 bridgehead atoms. The van der Waals surface area contributed by atoms with Gasteiger partial charge in [-0.1, -0.05) is 35.6 Å². The van der Waals surface area contributed by atoms with Gasteiger partial charge < -0.3 is 39.5 Å². The van der Waals surface area contributed by atoms with Crippen molar-refractivity contribution < 1.29 is 14.4 Å². The van der Waals surface area contributed by atoms with Crippen LogP contribution in [0.25, 0.3) is 65.4 Å². The van der Waals surface area contributed by atoms with E-state index in [2.05, 4.69) is 119 Å². The number of likely N-dealkylation sites (tertiary alicyclic amines) is 3. The first-order valence-electron chi connectivity index (χ1n) is 37.3. The first-order chi connectivity index (χ1) is 51.7. The number of aromatic amines is 3. The van der Waals surface area contributed by atoms with E-state index in [1.54, 1.807) is 77.9 Å². The van der Waals surface area contributed by atoms with Crippen molar-refractivity contribution in [2.24, 2.45) is 0 Å². The van der Waals surface area contributed by atoms with Gasteiger partial charge in [0.15, 0.2) is 0 Å². The van der Waals surface area contributed by atoms with Gasteiger partial charge in [-0.3, -0.25) is 58.9 Å². The maximum Gasteiger partial charge on any atom is 0.262 e. The fraction of sp³-hybridized carbons (Fsp3) is 0.378. The van der Waals surface area contributed by atoms with Gasteiger partial charge in [0.2, 0.25) is 0 Å². The maximum atomic E-state index is 13.4.